The molecule has 0 aromatic rings. The van der Waals surface area contributed by atoms with Crippen LogP contribution in [0.15, 0.2) is 0 Å². The number of likely N-dealkylation sites (N-methyl/N-ethyl adjacent to an activating group) is 1. The minimum Gasteiger partial charge on any atom is -0.334 e. The highest BCUT2D eigenvalue weighted by molar-refractivity contribution is 7.86. The van der Waals surface area contributed by atoms with Crippen molar-refractivity contribution < 1.29 is 39.8 Å². The van der Waals surface area contributed by atoms with E-state index in [9.17, 15) is 30.8 Å². The number of hydrogen-bond acceptors (Lipinski definition) is 3. The van der Waals surface area contributed by atoms with Gasteiger partial charge in [-0.25, -0.2) is 8.78 Å². The monoisotopic (exact) mass is 395 g/mol. The fraction of sp³-hybridized carbons (Fsp3) is 0.929. The van der Waals surface area contributed by atoms with E-state index in [-0.39, 0.29) is 0 Å². The van der Waals surface area contributed by atoms with Crippen molar-refractivity contribution in [2.75, 3.05) is 33.7 Å². The van der Waals surface area contributed by atoms with Gasteiger partial charge in [0.1, 0.15) is 0 Å². The fourth-order valence-corrected chi connectivity index (χ4v) is 2.66. The summed E-state index contributed by atoms with van der Waals surface area (Å²) in [5, 5.41) is -5.37. The van der Waals surface area contributed by atoms with Gasteiger partial charge in [-0.15, -0.1) is 0 Å². The molecule has 25 heavy (non-hydrogen) atoms. The van der Waals surface area contributed by atoms with Crippen LogP contribution in [0, 0.1) is 0 Å². The standard InChI is InChI=1S/C12H25N2O.C2H2F4O3S/c1-5-9-14(3,4)10-8-13-11(2)6-7-12(13)15;3-1(4)2(5,6)10(7,8)9/h11H,5-10H2,1-4H3;1H,(H,7,8,9)/q+1;. The zero-order valence-corrected chi connectivity index (χ0v) is 15.7. The van der Waals surface area contributed by atoms with E-state index in [0.29, 0.717) is 11.9 Å². The number of hydrogen-bond donors (Lipinski definition) is 1. The topological polar surface area (TPSA) is 74.7 Å². The number of amides is 1. The van der Waals surface area contributed by atoms with Crippen LogP contribution in [0.25, 0.3) is 0 Å². The maximum atomic E-state index is 11.6. The minimum absolute atomic E-state index is 0.346. The lowest BCUT2D eigenvalue weighted by molar-refractivity contribution is -0.889. The van der Waals surface area contributed by atoms with Crippen molar-refractivity contribution >= 4 is 16.0 Å². The molecule has 1 saturated heterocycles. The number of nitrogens with zero attached hydrogens (tertiary/aromatic N) is 2. The first kappa shape index (κ1) is 24.1. The molecule has 0 aromatic carbocycles. The molecule has 1 fully saturated rings. The van der Waals surface area contributed by atoms with Gasteiger partial charge in [0.2, 0.25) is 5.91 Å². The van der Waals surface area contributed by atoms with Crippen LogP contribution in [-0.2, 0) is 14.9 Å². The van der Waals surface area contributed by atoms with Crippen molar-refractivity contribution in [2.24, 2.45) is 0 Å². The second-order valence-electron chi connectivity index (χ2n) is 6.70. The molecule has 1 rings (SSSR count). The van der Waals surface area contributed by atoms with E-state index in [1.807, 2.05) is 0 Å². The largest absolute Gasteiger partial charge is 0.428 e. The van der Waals surface area contributed by atoms with E-state index in [1.165, 1.54) is 13.0 Å². The Morgan fingerprint density at radius 2 is 1.84 bits per heavy atom. The molecule has 1 unspecified atom stereocenters. The molecular formula is C14H27F4N2O4S+. The van der Waals surface area contributed by atoms with Crippen molar-refractivity contribution in [2.45, 2.75) is 50.8 Å². The van der Waals surface area contributed by atoms with Crippen LogP contribution in [0.1, 0.15) is 33.1 Å². The van der Waals surface area contributed by atoms with Gasteiger partial charge >= 0.3 is 21.8 Å². The Hall–Kier alpha value is -0.940. The van der Waals surface area contributed by atoms with Gasteiger partial charge in [0.25, 0.3) is 0 Å². The normalized spacial score (nSPS) is 19.2. The van der Waals surface area contributed by atoms with Crippen LogP contribution in [0.4, 0.5) is 17.6 Å². The third-order valence-electron chi connectivity index (χ3n) is 4.00. The zero-order chi connectivity index (χ0) is 20.1. The summed E-state index contributed by atoms with van der Waals surface area (Å²) in [7, 11) is -1.50. The number of halogens is 4. The molecule has 0 bridgehead atoms. The molecule has 0 saturated carbocycles. The lowest BCUT2D eigenvalue weighted by Gasteiger charge is -2.32. The van der Waals surface area contributed by atoms with Gasteiger partial charge in [0.15, 0.2) is 0 Å². The Kier molecular flexibility index (Phi) is 8.79. The van der Waals surface area contributed by atoms with E-state index in [1.54, 1.807) is 0 Å². The van der Waals surface area contributed by atoms with Crippen molar-refractivity contribution in [3.8, 4) is 0 Å². The van der Waals surface area contributed by atoms with Gasteiger partial charge in [-0.2, -0.15) is 17.2 Å². The first-order chi connectivity index (χ1) is 11.2. The van der Waals surface area contributed by atoms with Crippen LogP contribution in [-0.4, -0.2) is 79.7 Å². The molecule has 1 amide bonds. The van der Waals surface area contributed by atoms with Crippen molar-refractivity contribution in [3.63, 3.8) is 0 Å². The fourth-order valence-electron chi connectivity index (χ4n) is 2.43. The van der Waals surface area contributed by atoms with Gasteiger partial charge < -0.3 is 9.38 Å². The van der Waals surface area contributed by atoms with Crippen LogP contribution < -0.4 is 0 Å². The van der Waals surface area contributed by atoms with Crippen LogP contribution in [0.5, 0.6) is 0 Å². The molecule has 0 spiro atoms. The lowest BCUT2D eigenvalue weighted by Crippen LogP contribution is -2.47. The highest BCUT2D eigenvalue weighted by atomic mass is 32.2. The summed E-state index contributed by atoms with van der Waals surface area (Å²) in [6, 6.07) is 0.458. The summed E-state index contributed by atoms with van der Waals surface area (Å²) in [6.07, 6.45) is -1.42. The number of quaternary nitrogens is 1. The van der Waals surface area contributed by atoms with Crippen molar-refractivity contribution in [1.29, 1.82) is 0 Å². The zero-order valence-electron chi connectivity index (χ0n) is 14.9. The number of rotatable bonds is 7. The van der Waals surface area contributed by atoms with Gasteiger partial charge in [0.05, 0.1) is 33.7 Å². The van der Waals surface area contributed by atoms with E-state index >= 15 is 0 Å². The second kappa shape index (κ2) is 9.13. The molecule has 11 heteroatoms. The summed E-state index contributed by atoms with van der Waals surface area (Å²) in [4.78, 5) is 13.6. The predicted molar refractivity (Wildman–Crippen MR) is 85.0 cm³/mol. The Balaban J connectivity index is 0.000000504. The number of carbonyl (C=O) groups is 1. The van der Waals surface area contributed by atoms with E-state index in [2.05, 4.69) is 32.8 Å². The Morgan fingerprint density at radius 3 is 2.12 bits per heavy atom. The maximum Gasteiger partial charge on any atom is 0.428 e. The molecule has 6 nitrogen and oxygen atoms in total. The Labute approximate surface area is 146 Å². The lowest BCUT2D eigenvalue weighted by atomic mass is 10.2. The molecule has 1 N–H and O–H groups in total. The second-order valence-corrected chi connectivity index (χ2v) is 8.19. The highest BCUT2D eigenvalue weighted by Gasteiger charge is 2.53. The van der Waals surface area contributed by atoms with Crippen LogP contribution in [0.3, 0.4) is 0 Å². The molecule has 1 aliphatic rings. The quantitative estimate of drug-likeness (QED) is 0.408. The van der Waals surface area contributed by atoms with E-state index < -0.39 is 21.8 Å². The molecule has 0 aromatic heterocycles. The molecule has 0 radical (unpaired) electrons. The smallest absolute Gasteiger partial charge is 0.334 e. The van der Waals surface area contributed by atoms with Gasteiger partial charge in [0, 0.05) is 12.5 Å². The number of carbonyl (C=O) groups excluding carboxylic acids is 1. The van der Waals surface area contributed by atoms with Crippen molar-refractivity contribution in [3.05, 3.63) is 0 Å². The van der Waals surface area contributed by atoms with E-state index in [4.69, 9.17) is 4.55 Å². The average molecular weight is 395 g/mol. The number of likely N-dealkylation sites (tertiary alicyclic amines) is 1. The number of alkyl halides is 4. The summed E-state index contributed by atoms with van der Waals surface area (Å²) in [5.41, 5.74) is 0. The van der Waals surface area contributed by atoms with Gasteiger partial charge in [-0.05, 0) is 19.8 Å². The average Bonchev–Trinajstić information content (AvgIpc) is 2.75. The molecule has 0 aliphatic carbocycles. The summed E-state index contributed by atoms with van der Waals surface area (Å²) in [6.45, 7) is 7.56. The maximum absolute atomic E-state index is 11.6. The summed E-state index contributed by atoms with van der Waals surface area (Å²) < 4.78 is 72.3. The minimum atomic E-state index is -5.98. The molecule has 1 heterocycles. The molecular weight excluding hydrogens is 368 g/mol. The summed E-state index contributed by atoms with van der Waals surface area (Å²) >= 11 is 0. The molecule has 1 aliphatic heterocycles. The van der Waals surface area contributed by atoms with Crippen LogP contribution >= 0.6 is 0 Å². The van der Waals surface area contributed by atoms with Crippen LogP contribution in [0.2, 0.25) is 0 Å². The Bertz CT molecular complexity index is 541. The third-order valence-corrected chi connectivity index (χ3v) is 4.87. The molecule has 150 valence electrons. The predicted octanol–water partition coefficient (Wildman–Crippen LogP) is 2.22. The van der Waals surface area contributed by atoms with E-state index in [0.717, 1.165) is 30.4 Å². The first-order valence-electron chi connectivity index (χ1n) is 7.90. The van der Waals surface area contributed by atoms with Gasteiger partial charge in [-0.1, -0.05) is 6.92 Å². The molecule has 1 atom stereocenters. The van der Waals surface area contributed by atoms with Crippen molar-refractivity contribution in [1.82, 2.24) is 4.90 Å². The Morgan fingerprint density at radius 1 is 1.32 bits per heavy atom. The van der Waals surface area contributed by atoms with Gasteiger partial charge in [-0.3, -0.25) is 9.35 Å². The highest BCUT2D eigenvalue weighted by Crippen LogP contribution is 2.27. The summed E-state index contributed by atoms with van der Waals surface area (Å²) in [5.74, 6) is 0.346. The SMILES string of the molecule is CCC[N+](C)(C)CCN1C(=O)CCC1C.O=S(=O)(O)C(F)(F)C(F)F. The third kappa shape index (κ3) is 7.45. The first-order valence-corrected chi connectivity index (χ1v) is 9.34.